The molecular weight excluding hydrogens is 206 g/mol. The molecule has 1 saturated heterocycles. The van der Waals surface area contributed by atoms with Crippen LogP contribution < -0.4 is 10.6 Å². The van der Waals surface area contributed by atoms with E-state index < -0.39 is 0 Å². The fourth-order valence-electron chi connectivity index (χ4n) is 2.06. The summed E-state index contributed by atoms with van der Waals surface area (Å²) >= 11 is 0. The maximum Gasteiger partial charge on any atom is 0.234 e. The molecule has 1 atom stereocenters. The molecule has 1 rings (SSSR count). The van der Waals surface area contributed by atoms with E-state index in [1.807, 2.05) is 7.05 Å². The summed E-state index contributed by atoms with van der Waals surface area (Å²) in [7, 11) is 3.61. The SMILES string of the molecule is CNCC1CCN(CC(=O)NCCOC)C1. The van der Waals surface area contributed by atoms with Crippen molar-refractivity contribution in [2.45, 2.75) is 6.42 Å². The van der Waals surface area contributed by atoms with Crippen molar-refractivity contribution in [2.75, 3.05) is 53.5 Å². The van der Waals surface area contributed by atoms with Crippen LogP contribution in [-0.2, 0) is 9.53 Å². The van der Waals surface area contributed by atoms with Crippen molar-refractivity contribution in [3.63, 3.8) is 0 Å². The minimum Gasteiger partial charge on any atom is -0.383 e. The van der Waals surface area contributed by atoms with E-state index in [-0.39, 0.29) is 5.91 Å². The van der Waals surface area contributed by atoms with Crippen molar-refractivity contribution in [3.8, 4) is 0 Å². The van der Waals surface area contributed by atoms with Crippen LogP contribution in [0.1, 0.15) is 6.42 Å². The second-order valence-corrected chi connectivity index (χ2v) is 4.29. The van der Waals surface area contributed by atoms with E-state index in [0.29, 0.717) is 25.6 Å². The number of hydrogen-bond acceptors (Lipinski definition) is 4. The number of carbonyl (C=O) groups excluding carboxylic acids is 1. The monoisotopic (exact) mass is 229 g/mol. The Morgan fingerprint density at radius 1 is 1.56 bits per heavy atom. The summed E-state index contributed by atoms with van der Waals surface area (Å²) < 4.78 is 4.87. The molecule has 1 unspecified atom stereocenters. The molecular formula is C11H23N3O2. The van der Waals surface area contributed by atoms with Crippen molar-refractivity contribution in [3.05, 3.63) is 0 Å². The van der Waals surface area contributed by atoms with Crippen LogP contribution in [0, 0.1) is 5.92 Å². The molecule has 0 spiro atoms. The number of amides is 1. The van der Waals surface area contributed by atoms with Gasteiger partial charge in [-0.1, -0.05) is 0 Å². The van der Waals surface area contributed by atoms with Crippen LogP contribution in [0.15, 0.2) is 0 Å². The molecule has 0 aromatic carbocycles. The fourth-order valence-corrected chi connectivity index (χ4v) is 2.06. The van der Waals surface area contributed by atoms with Gasteiger partial charge in [0.15, 0.2) is 0 Å². The minimum absolute atomic E-state index is 0.0992. The molecule has 94 valence electrons. The van der Waals surface area contributed by atoms with Crippen molar-refractivity contribution in [2.24, 2.45) is 5.92 Å². The van der Waals surface area contributed by atoms with E-state index in [1.54, 1.807) is 7.11 Å². The van der Waals surface area contributed by atoms with Gasteiger partial charge in [-0.25, -0.2) is 0 Å². The number of methoxy groups -OCH3 is 1. The molecule has 1 amide bonds. The predicted octanol–water partition coefficient (Wildman–Crippen LogP) is -0.710. The average Bonchev–Trinajstić information content (AvgIpc) is 2.66. The Hall–Kier alpha value is -0.650. The molecule has 0 aromatic heterocycles. The van der Waals surface area contributed by atoms with Gasteiger partial charge in [-0.3, -0.25) is 9.69 Å². The summed E-state index contributed by atoms with van der Waals surface area (Å²) in [6, 6.07) is 0. The summed E-state index contributed by atoms with van der Waals surface area (Å²) in [4.78, 5) is 13.7. The van der Waals surface area contributed by atoms with E-state index >= 15 is 0 Å². The summed E-state index contributed by atoms with van der Waals surface area (Å²) in [6.45, 7) is 4.80. The highest BCUT2D eigenvalue weighted by molar-refractivity contribution is 5.78. The number of likely N-dealkylation sites (tertiary alicyclic amines) is 1. The first-order valence-corrected chi connectivity index (χ1v) is 5.89. The molecule has 0 radical (unpaired) electrons. The number of rotatable bonds is 7. The Balaban J connectivity index is 2.11. The maximum absolute atomic E-state index is 11.5. The molecule has 1 heterocycles. The van der Waals surface area contributed by atoms with Gasteiger partial charge < -0.3 is 15.4 Å². The lowest BCUT2D eigenvalue weighted by Gasteiger charge is -2.15. The van der Waals surface area contributed by atoms with Gasteiger partial charge in [0.2, 0.25) is 5.91 Å². The van der Waals surface area contributed by atoms with Gasteiger partial charge in [0.05, 0.1) is 13.2 Å². The molecule has 1 aliphatic rings. The first-order chi connectivity index (χ1) is 7.76. The highest BCUT2D eigenvalue weighted by Crippen LogP contribution is 2.14. The fraction of sp³-hybridized carbons (Fsp3) is 0.909. The average molecular weight is 229 g/mol. The summed E-state index contributed by atoms with van der Waals surface area (Å²) in [5.41, 5.74) is 0. The topological polar surface area (TPSA) is 53.6 Å². The molecule has 0 bridgehead atoms. The van der Waals surface area contributed by atoms with E-state index in [4.69, 9.17) is 4.74 Å². The molecule has 0 aliphatic carbocycles. The smallest absolute Gasteiger partial charge is 0.234 e. The van der Waals surface area contributed by atoms with Gasteiger partial charge in [0.1, 0.15) is 0 Å². The molecule has 16 heavy (non-hydrogen) atoms. The van der Waals surface area contributed by atoms with Crippen LogP contribution in [0.3, 0.4) is 0 Å². The summed E-state index contributed by atoms with van der Waals surface area (Å²) in [6.07, 6.45) is 1.19. The molecule has 1 fully saturated rings. The standard InChI is InChI=1S/C11H23N3O2/c1-12-7-10-3-5-14(8-10)9-11(15)13-4-6-16-2/h10,12H,3-9H2,1-2H3,(H,13,15). The largest absolute Gasteiger partial charge is 0.383 e. The van der Waals surface area contributed by atoms with Crippen LogP contribution in [0.4, 0.5) is 0 Å². The Labute approximate surface area is 97.5 Å². The number of ether oxygens (including phenoxy) is 1. The van der Waals surface area contributed by atoms with Crippen molar-refractivity contribution in [1.29, 1.82) is 0 Å². The van der Waals surface area contributed by atoms with Crippen LogP contribution in [-0.4, -0.2) is 64.3 Å². The number of carbonyl (C=O) groups is 1. The van der Waals surface area contributed by atoms with Crippen LogP contribution in [0.2, 0.25) is 0 Å². The lowest BCUT2D eigenvalue weighted by molar-refractivity contribution is -0.122. The van der Waals surface area contributed by atoms with Crippen molar-refractivity contribution in [1.82, 2.24) is 15.5 Å². The number of nitrogens with zero attached hydrogens (tertiary/aromatic N) is 1. The predicted molar refractivity (Wildman–Crippen MR) is 63.4 cm³/mol. The first kappa shape index (κ1) is 13.4. The summed E-state index contributed by atoms with van der Waals surface area (Å²) in [5.74, 6) is 0.791. The van der Waals surface area contributed by atoms with Gasteiger partial charge >= 0.3 is 0 Å². The second-order valence-electron chi connectivity index (χ2n) is 4.29. The first-order valence-electron chi connectivity index (χ1n) is 5.89. The lowest BCUT2D eigenvalue weighted by Crippen LogP contribution is -2.37. The third-order valence-corrected chi connectivity index (χ3v) is 2.86. The van der Waals surface area contributed by atoms with Crippen molar-refractivity contribution >= 4 is 5.91 Å². The van der Waals surface area contributed by atoms with E-state index in [9.17, 15) is 4.79 Å². The van der Waals surface area contributed by atoms with Gasteiger partial charge in [0.25, 0.3) is 0 Å². The zero-order valence-electron chi connectivity index (χ0n) is 10.3. The Bertz CT molecular complexity index is 211. The molecule has 5 nitrogen and oxygen atoms in total. The molecule has 0 aromatic rings. The second kappa shape index (κ2) is 7.60. The van der Waals surface area contributed by atoms with Gasteiger partial charge in [-0.2, -0.15) is 0 Å². The van der Waals surface area contributed by atoms with Gasteiger partial charge in [0, 0.05) is 20.2 Å². The molecule has 5 heteroatoms. The third-order valence-electron chi connectivity index (χ3n) is 2.86. The van der Waals surface area contributed by atoms with Gasteiger partial charge in [-0.05, 0) is 32.5 Å². The number of nitrogens with one attached hydrogen (secondary N) is 2. The van der Waals surface area contributed by atoms with E-state index in [2.05, 4.69) is 15.5 Å². The number of hydrogen-bond donors (Lipinski definition) is 2. The molecule has 1 aliphatic heterocycles. The maximum atomic E-state index is 11.5. The lowest BCUT2D eigenvalue weighted by atomic mass is 10.1. The van der Waals surface area contributed by atoms with Gasteiger partial charge in [-0.15, -0.1) is 0 Å². The Kier molecular flexibility index (Phi) is 6.37. The Morgan fingerprint density at radius 2 is 2.38 bits per heavy atom. The van der Waals surface area contributed by atoms with E-state index in [1.165, 1.54) is 6.42 Å². The van der Waals surface area contributed by atoms with Crippen molar-refractivity contribution < 1.29 is 9.53 Å². The van der Waals surface area contributed by atoms with E-state index in [0.717, 1.165) is 19.6 Å². The highest BCUT2D eigenvalue weighted by Gasteiger charge is 2.22. The zero-order valence-corrected chi connectivity index (χ0v) is 10.3. The third kappa shape index (κ3) is 4.92. The Morgan fingerprint density at radius 3 is 3.06 bits per heavy atom. The molecule has 2 N–H and O–H groups in total. The van der Waals surface area contributed by atoms with Crippen LogP contribution >= 0.6 is 0 Å². The summed E-state index contributed by atoms with van der Waals surface area (Å²) in [5, 5.41) is 6.02. The zero-order chi connectivity index (χ0) is 11.8. The normalized spacial score (nSPS) is 21.2. The van der Waals surface area contributed by atoms with Crippen LogP contribution in [0.25, 0.3) is 0 Å². The molecule has 0 saturated carbocycles. The van der Waals surface area contributed by atoms with Crippen LogP contribution in [0.5, 0.6) is 0 Å². The highest BCUT2D eigenvalue weighted by atomic mass is 16.5. The minimum atomic E-state index is 0.0992. The quantitative estimate of drug-likeness (QED) is 0.566.